The van der Waals surface area contributed by atoms with Crippen LogP contribution in [0, 0.1) is 11.3 Å². The van der Waals surface area contributed by atoms with Crippen molar-refractivity contribution in [1.29, 1.82) is 0 Å². The van der Waals surface area contributed by atoms with E-state index in [2.05, 4.69) is 26.1 Å². The lowest BCUT2D eigenvalue weighted by atomic mass is 9.66. The molecule has 0 amide bonds. The van der Waals surface area contributed by atoms with Gasteiger partial charge >= 0.3 is 0 Å². The highest BCUT2D eigenvalue weighted by Crippen LogP contribution is 2.45. The van der Waals surface area contributed by atoms with Gasteiger partial charge in [0, 0.05) is 18.8 Å². The molecule has 2 nitrogen and oxygen atoms in total. The van der Waals surface area contributed by atoms with E-state index >= 15 is 0 Å². The van der Waals surface area contributed by atoms with Gasteiger partial charge in [0.25, 0.3) is 0 Å². The van der Waals surface area contributed by atoms with Gasteiger partial charge < -0.3 is 10.1 Å². The van der Waals surface area contributed by atoms with E-state index in [1.165, 1.54) is 25.8 Å². The van der Waals surface area contributed by atoms with Crippen molar-refractivity contribution in [2.45, 2.75) is 45.6 Å². The number of hydrogen-bond acceptors (Lipinski definition) is 2. The summed E-state index contributed by atoms with van der Waals surface area (Å²) >= 11 is 0. The molecule has 2 aliphatic rings. The molecular formula is C12H23NO. The summed E-state index contributed by atoms with van der Waals surface area (Å²) in [5.74, 6) is 0.818. The zero-order valence-electron chi connectivity index (χ0n) is 9.73. The molecule has 2 fully saturated rings. The van der Waals surface area contributed by atoms with E-state index in [9.17, 15) is 0 Å². The summed E-state index contributed by atoms with van der Waals surface area (Å²) in [4.78, 5) is 0. The predicted molar refractivity (Wildman–Crippen MR) is 58.3 cm³/mol. The van der Waals surface area contributed by atoms with Gasteiger partial charge in [0.05, 0.1) is 0 Å². The molecule has 2 saturated heterocycles. The summed E-state index contributed by atoms with van der Waals surface area (Å²) in [6.07, 6.45) is 3.74. The third-order valence-corrected chi connectivity index (χ3v) is 4.01. The van der Waals surface area contributed by atoms with Crippen LogP contribution in [-0.2, 0) is 4.74 Å². The van der Waals surface area contributed by atoms with Crippen LogP contribution in [0.2, 0.25) is 0 Å². The van der Waals surface area contributed by atoms with Crippen LogP contribution in [0.3, 0.4) is 0 Å². The zero-order chi connectivity index (χ0) is 10.2. The Morgan fingerprint density at radius 1 is 1.21 bits per heavy atom. The number of hydrogen-bond donors (Lipinski definition) is 1. The first-order valence-electron chi connectivity index (χ1n) is 5.87. The molecule has 0 bridgehead atoms. The van der Waals surface area contributed by atoms with Crippen LogP contribution in [0.1, 0.15) is 40.0 Å². The Morgan fingerprint density at radius 2 is 1.86 bits per heavy atom. The molecule has 1 N–H and O–H groups in total. The Hall–Kier alpha value is -0.0800. The highest BCUT2D eigenvalue weighted by Gasteiger charge is 2.48. The molecule has 2 rings (SSSR count). The second kappa shape index (κ2) is 3.49. The van der Waals surface area contributed by atoms with E-state index in [0.717, 1.165) is 19.1 Å². The van der Waals surface area contributed by atoms with Crippen molar-refractivity contribution < 1.29 is 4.74 Å². The fourth-order valence-corrected chi connectivity index (χ4v) is 3.39. The molecule has 1 unspecified atom stereocenters. The maximum absolute atomic E-state index is 5.48. The van der Waals surface area contributed by atoms with E-state index < -0.39 is 0 Å². The largest absolute Gasteiger partial charge is 0.381 e. The van der Waals surface area contributed by atoms with E-state index in [1.54, 1.807) is 0 Å². The van der Waals surface area contributed by atoms with Crippen LogP contribution >= 0.6 is 0 Å². The third-order valence-electron chi connectivity index (χ3n) is 4.01. The Morgan fingerprint density at radius 3 is 2.43 bits per heavy atom. The smallest absolute Gasteiger partial charge is 0.0483 e. The highest BCUT2D eigenvalue weighted by molar-refractivity contribution is 5.04. The normalized spacial score (nSPS) is 32.4. The SMILES string of the molecule is CC(C)(C)C1CCNC12CCOCC2. The van der Waals surface area contributed by atoms with Gasteiger partial charge in [-0.15, -0.1) is 0 Å². The average molecular weight is 197 g/mol. The molecule has 0 aromatic carbocycles. The molecule has 1 atom stereocenters. The Bertz CT molecular complexity index is 201. The van der Waals surface area contributed by atoms with Crippen LogP contribution < -0.4 is 5.32 Å². The minimum absolute atomic E-state index is 0.399. The van der Waals surface area contributed by atoms with E-state index in [4.69, 9.17) is 4.74 Å². The first kappa shape index (κ1) is 10.4. The molecule has 0 radical (unpaired) electrons. The summed E-state index contributed by atoms with van der Waals surface area (Å²) < 4.78 is 5.48. The Labute approximate surface area is 87.4 Å². The van der Waals surface area contributed by atoms with Crippen LogP contribution in [0.15, 0.2) is 0 Å². The molecule has 2 aliphatic heterocycles. The minimum atomic E-state index is 0.399. The molecule has 0 saturated carbocycles. The second-order valence-corrected chi connectivity index (χ2v) is 5.90. The van der Waals surface area contributed by atoms with E-state index in [-0.39, 0.29) is 0 Å². The molecule has 0 aromatic rings. The van der Waals surface area contributed by atoms with Gasteiger partial charge in [-0.05, 0) is 37.1 Å². The zero-order valence-corrected chi connectivity index (χ0v) is 9.73. The number of ether oxygens (including phenoxy) is 1. The number of rotatable bonds is 0. The van der Waals surface area contributed by atoms with Crippen LogP contribution in [0.5, 0.6) is 0 Å². The van der Waals surface area contributed by atoms with Crippen molar-refractivity contribution in [3.8, 4) is 0 Å². The van der Waals surface area contributed by atoms with Gasteiger partial charge in [-0.25, -0.2) is 0 Å². The number of nitrogens with one attached hydrogen (secondary N) is 1. The lowest BCUT2D eigenvalue weighted by Gasteiger charge is -2.44. The molecule has 2 heteroatoms. The molecule has 82 valence electrons. The topological polar surface area (TPSA) is 21.3 Å². The summed E-state index contributed by atoms with van der Waals surface area (Å²) in [5, 5.41) is 3.75. The monoisotopic (exact) mass is 197 g/mol. The van der Waals surface area contributed by atoms with E-state index in [1.807, 2.05) is 0 Å². The molecular weight excluding hydrogens is 174 g/mol. The molecule has 2 heterocycles. The Balaban J connectivity index is 2.16. The van der Waals surface area contributed by atoms with Gasteiger partial charge in [-0.3, -0.25) is 0 Å². The van der Waals surface area contributed by atoms with Crippen LogP contribution in [0.4, 0.5) is 0 Å². The first-order chi connectivity index (χ1) is 6.55. The molecule has 14 heavy (non-hydrogen) atoms. The molecule has 1 spiro atoms. The van der Waals surface area contributed by atoms with Crippen molar-refractivity contribution in [2.75, 3.05) is 19.8 Å². The second-order valence-electron chi connectivity index (χ2n) is 5.90. The summed E-state index contributed by atoms with van der Waals surface area (Å²) in [6, 6.07) is 0. The summed E-state index contributed by atoms with van der Waals surface area (Å²) in [7, 11) is 0. The van der Waals surface area contributed by atoms with Gasteiger partial charge in [0.1, 0.15) is 0 Å². The maximum Gasteiger partial charge on any atom is 0.0483 e. The average Bonchev–Trinajstić information content (AvgIpc) is 2.49. The lowest BCUT2D eigenvalue weighted by molar-refractivity contribution is 0.00404. The summed E-state index contributed by atoms with van der Waals surface area (Å²) in [6.45, 7) is 10.2. The van der Waals surface area contributed by atoms with Crippen molar-refractivity contribution in [3.63, 3.8) is 0 Å². The van der Waals surface area contributed by atoms with Crippen molar-refractivity contribution in [3.05, 3.63) is 0 Å². The van der Waals surface area contributed by atoms with Crippen LogP contribution in [-0.4, -0.2) is 25.3 Å². The predicted octanol–water partition coefficient (Wildman–Crippen LogP) is 2.19. The van der Waals surface area contributed by atoms with Crippen LogP contribution in [0.25, 0.3) is 0 Å². The lowest BCUT2D eigenvalue weighted by Crippen LogP contribution is -2.52. The van der Waals surface area contributed by atoms with Crippen molar-refractivity contribution >= 4 is 0 Å². The fraction of sp³-hybridized carbons (Fsp3) is 1.00. The van der Waals surface area contributed by atoms with Crippen molar-refractivity contribution in [2.24, 2.45) is 11.3 Å². The van der Waals surface area contributed by atoms with Crippen molar-refractivity contribution in [1.82, 2.24) is 5.32 Å². The third kappa shape index (κ3) is 1.70. The summed E-state index contributed by atoms with van der Waals surface area (Å²) in [5.41, 5.74) is 0.831. The minimum Gasteiger partial charge on any atom is -0.381 e. The van der Waals surface area contributed by atoms with Gasteiger partial charge in [0.15, 0.2) is 0 Å². The van der Waals surface area contributed by atoms with Gasteiger partial charge in [-0.1, -0.05) is 20.8 Å². The molecule has 0 aromatic heterocycles. The maximum atomic E-state index is 5.48. The van der Waals surface area contributed by atoms with E-state index in [0.29, 0.717) is 11.0 Å². The first-order valence-corrected chi connectivity index (χ1v) is 5.87. The standard InChI is InChI=1S/C12H23NO/c1-11(2,3)10-4-7-13-12(10)5-8-14-9-6-12/h10,13H,4-9H2,1-3H3. The van der Waals surface area contributed by atoms with Gasteiger partial charge in [-0.2, -0.15) is 0 Å². The Kier molecular flexibility index (Phi) is 2.61. The highest BCUT2D eigenvalue weighted by atomic mass is 16.5. The fourth-order valence-electron chi connectivity index (χ4n) is 3.39. The van der Waals surface area contributed by atoms with Gasteiger partial charge in [0.2, 0.25) is 0 Å². The quantitative estimate of drug-likeness (QED) is 0.643. The molecule has 0 aliphatic carbocycles.